The van der Waals surface area contributed by atoms with E-state index in [-0.39, 0.29) is 0 Å². The van der Waals surface area contributed by atoms with Crippen molar-refractivity contribution < 1.29 is 4.74 Å². The predicted octanol–water partition coefficient (Wildman–Crippen LogP) is 11.4. The van der Waals surface area contributed by atoms with Gasteiger partial charge in [0.05, 0.1) is 42.2 Å². The molecule has 0 aliphatic carbocycles. The molecule has 0 saturated heterocycles. The zero-order valence-corrected chi connectivity index (χ0v) is 26.1. The van der Waals surface area contributed by atoms with Crippen LogP contribution in [-0.4, -0.2) is 9.55 Å². The van der Waals surface area contributed by atoms with Crippen molar-refractivity contribution in [3.63, 3.8) is 0 Å². The number of aromatic nitrogens is 2. The quantitative estimate of drug-likeness (QED) is 0.184. The number of hydrogen-bond donors (Lipinski definition) is 0. The zero-order valence-electron chi connectivity index (χ0n) is 26.1. The summed E-state index contributed by atoms with van der Waals surface area (Å²) in [5.74, 6) is 0. The van der Waals surface area contributed by atoms with Crippen molar-refractivity contribution in [3.05, 3.63) is 174 Å². The van der Waals surface area contributed by atoms with Gasteiger partial charge < -0.3 is 9.30 Å². The number of benzene rings is 6. The molecule has 9 rings (SSSR count). The van der Waals surface area contributed by atoms with Crippen molar-refractivity contribution in [2.24, 2.45) is 0 Å². The van der Waals surface area contributed by atoms with E-state index in [1.54, 1.807) is 0 Å². The highest BCUT2D eigenvalue weighted by molar-refractivity contribution is 6.10. The maximum Gasteiger partial charge on any atom is 0.188 e. The molecule has 3 heterocycles. The van der Waals surface area contributed by atoms with Crippen LogP contribution in [0.25, 0.3) is 77.1 Å². The van der Waals surface area contributed by atoms with Gasteiger partial charge in [0.25, 0.3) is 0 Å². The van der Waals surface area contributed by atoms with Crippen LogP contribution < -0.4 is 0 Å². The third-order valence-electron chi connectivity index (χ3n) is 9.35. The molecule has 0 spiro atoms. The van der Waals surface area contributed by atoms with Gasteiger partial charge in [-0.15, -0.1) is 0 Å². The lowest BCUT2D eigenvalue weighted by atomic mass is 9.92. The van der Waals surface area contributed by atoms with Crippen molar-refractivity contribution in [2.75, 3.05) is 0 Å². The minimum absolute atomic E-state index is 0.532. The van der Waals surface area contributed by atoms with Gasteiger partial charge in [-0.25, -0.2) is 9.83 Å². The number of ether oxygens (including phenoxy) is 1. The van der Waals surface area contributed by atoms with Crippen molar-refractivity contribution in [1.82, 2.24) is 9.55 Å². The first-order valence-corrected chi connectivity index (χ1v) is 16.1. The molecule has 226 valence electrons. The normalized spacial score (nSPS) is 12.3. The van der Waals surface area contributed by atoms with Crippen LogP contribution in [0.5, 0.6) is 0 Å². The molecule has 0 saturated carbocycles. The third kappa shape index (κ3) is 4.77. The van der Waals surface area contributed by atoms with Crippen molar-refractivity contribution in [1.29, 1.82) is 0 Å². The molecule has 2 aromatic heterocycles. The second kappa shape index (κ2) is 11.5. The van der Waals surface area contributed by atoms with Gasteiger partial charge in [0.1, 0.15) is 0 Å². The molecule has 0 N–H and O–H groups in total. The van der Waals surface area contributed by atoms with Crippen LogP contribution in [0.4, 0.5) is 5.69 Å². The van der Waals surface area contributed by atoms with E-state index >= 15 is 0 Å². The molecule has 0 fully saturated rings. The van der Waals surface area contributed by atoms with Gasteiger partial charge in [-0.2, -0.15) is 0 Å². The fraction of sp³-hybridized carbons (Fsp3) is 0.0455. The second-order valence-corrected chi connectivity index (χ2v) is 12.2. The third-order valence-corrected chi connectivity index (χ3v) is 9.35. The lowest BCUT2D eigenvalue weighted by Crippen LogP contribution is -1.97. The Labute approximate surface area is 279 Å². The molecule has 1 aliphatic rings. The summed E-state index contributed by atoms with van der Waals surface area (Å²) in [6.45, 7) is 8.65. The molecule has 4 heteroatoms. The number of fused-ring (bicyclic) bond motifs is 6. The second-order valence-electron chi connectivity index (χ2n) is 12.2. The summed E-state index contributed by atoms with van der Waals surface area (Å²) in [5, 5.41) is 2.23. The number of para-hydroxylation sites is 1. The van der Waals surface area contributed by atoms with Crippen molar-refractivity contribution in [3.8, 4) is 50.5 Å². The standard InChI is InChI=1S/C44H29N3O/c1-45-35-18-21-44-40(25-35)38-14-8-9-15-43(38)47(44)36-19-16-32-27-48-28-34-22-31(17-20-37(34)39(32)26-36)33-23-41(29-10-4-2-5-11-29)46-42(24-33)30-12-6-3-7-13-30/h2-26H,27-28H2. The van der Waals surface area contributed by atoms with E-state index < -0.39 is 0 Å². The largest absolute Gasteiger partial charge is 0.372 e. The summed E-state index contributed by atoms with van der Waals surface area (Å²) < 4.78 is 8.58. The van der Waals surface area contributed by atoms with Gasteiger partial charge in [0.15, 0.2) is 5.69 Å². The molecule has 48 heavy (non-hydrogen) atoms. The van der Waals surface area contributed by atoms with E-state index in [4.69, 9.17) is 16.3 Å². The molecule has 0 unspecified atom stereocenters. The fourth-order valence-electron chi connectivity index (χ4n) is 7.03. The highest BCUT2D eigenvalue weighted by atomic mass is 16.5. The highest BCUT2D eigenvalue weighted by Gasteiger charge is 2.19. The summed E-state index contributed by atoms with van der Waals surface area (Å²) in [5.41, 5.74) is 15.0. The zero-order chi connectivity index (χ0) is 32.0. The van der Waals surface area contributed by atoms with Gasteiger partial charge in [0.2, 0.25) is 0 Å². The van der Waals surface area contributed by atoms with Crippen LogP contribution in [-0.2, 0) is 18.0 Å². The van der Waals surface area contributed by atoms with Gasteiger partial charge in [-0.05, 0) is 87.3 Å². The predicted molar refractivity (Wildman–Crippen MR) is 195 cm³/mol. The average Bonchev–Trinajstić information content (AvgIpc) is 3.37. The first-order valence-electron chi connectivity index (χ1n) is 16.1. The Hall–Kier alpha value is -6.28. The number of pyridine rings is 1. The van der Waals surface area contributed by atoms with Gasteiger partial charge in [-0.1, -0.05) is 103 Å². The number of rotatable bonds is 4. The van der Waals surface area contributed by atoms with Crippen LogP contribution >= 0.6 is 0 Å². The monoisotopic (exact) mass is 615 g/mol. The van der Waals surface area contributed by atoms with Gasteiger partial charge in [-0.3, -0.25) is 0 Å². The molecule has 0 radical (unpaired) electrons. The number of hydrogen-bond acceptors (Lipinski definition) is 2. The molecule has 6 aromatic carbocycles. The Bertz CT molecular complexity index is 2480. The Kier molecular flexibility index (Phi) is 6.71. The highest BCUT2D eigenvalue weighted by Crippen LogP contribution is 2.40. The first kappa shape index (κ1) is 28.0. The Morgan fingerprint density at radius 1 is 0.521 bits per heavy atom. The van der Waals surface area contributed by atoms with Gasteiger partial charge in [0, 0.05) is 22.2 Å². The maximum absolute atomic E-state index is 7.57. The Balaban J connectivity index is 1.18. The molecule has 0 bridgehead atoms. The van der Waals surface area contributed by atoms with E-state index in [1.807, 2.05) is 24.3 Å². The van der Waals surface area contributed by atoms with E-state index in [0.29, 0.717) is 18.9 Å². The van der Waals surface area contributed by atoms with Crippen LogP contribution in [0.3, 0.4) is 0 Å². The average molecular weight is 616 g/mol. The molecular weight excluding hydrogens is 587 g/mol. The van der Waals surface area contributed by atoms with E-state index in [0.717, 1.165) is 66.7 Å². The van der Waals surface area contributed by atoms with Crippen LogP contribution in [0.15, 0.2) is 152 Å². The first-order chi connectivity index (χ1) is 23.7. The van der Waals surface area contributed by atoms with Crippen LogP contribution in [0.1, 0.15) is 11.1 Å². The minimum Gasteiger partial charge on any atom is -0.372 e. The molecule has 1 aliphatic heterocycles. The van der Waals surface area contributed by atoms with Crippen molar-refractivity contribution >= 4 is 27.5 Å². The van der Waals surface area contributed by atoms with Crippen LogP contribution in [0, 0.1) is 6.57 Å². The summed E-state index contributed by atoms with van der Waals surface area (Å²) in [6, 6.07) is 53.0. The lowest BCUT2D eigenvalue weighted by molar-refractivity contribution is 0.110. The number of nitrogens with zero attached hydrogens (tertiary/aromatic N) is 3. The Morgan fingerprint density at radius 3 is 1.96 bits per heavy atom. The lowest BCUT2D eigenvalue weighted by Gasteiger charge is -2.15. The Morgan fingerprint density at radius 2 is 1.21 bits per heavy atom. The minimum atomic E-state index is 0.532. The van der Waals surface area contributed by atoms with E-state index in [2.05, 4.69) is 137 Å². The smallest absolute Gasteiger partial charge is 0.188 e. The topological polar surface area (TPSA) is 31.4 Å². The van der Waals surface area contributed by atoms with Gasteiger partial charge >= 0.3 is 0 Å². The van der Waals surface area contributed by atoms with Crippen molar-refractivity contribution in [2.45, 2.75) is 13.2 Å². The van der Waals surface area contributed by atoms with E-state index in [9.17, 15) is 0 Å². The molecule has 8 aromatic rings. The summed E-state index contributed by atoms with van der Waals surface area (Å²) in [7, 11) is 0. The SMILES string of the molecule is [C-]#[N+]c1ccc2c(c1)c1ccccc1n2-c1ccc2c(c1)-c1ccc(-c3cc(-c4ccccc4)nc(-c4ccccc4)c3)cc1COC2. The maximum atomic E-state index is 7.57. The fourth-order valence-corrected chi connectivity index (χ4v) is 7.03. The summed E-state index contributed by atoms with van der Waals surface area (Å²) >= 11 is 0. The van der Waals surface area contributed by atoms with E-state index in [1.165, 1.54) is 16.7 Å². The molecule has 0 atom stereocenters. The summed E-state index contributed by atoms with van der Waals surface area (Å²) in [4.78, 5) is 8.77. The summed E-state index contributed by atoms with van der Waals surface area (Å²) in [6.07, 6.45) is 0. The van der Waals surface area contributed by atoms with Crippen LogP contribution in [0.2, 0.25) is 0 Å². The molecule has 0 amide bonds. The molecular formula is C44H29N3O. The molecule has 4 nitrogen and oxygen atoms in total.